The van der Waals surface area contributed by atoms with Crippen molar-refractivity contribution in [3.05, 3.63) is 33.8 Å². The van der Waals surface area contributed by atoms with Crippen LogP contribution in [-0.2, 0) is 11.7 Å². The van der Waals surface area contributed by atoms with Gasteiger partial charge in [-0.2, -0.15) is 13.2 Å². The molecule has 94 valence electrons. The number of halogens is 4. The lowest BCUT2D eigenvalue weighted by atomic mass is 9.92. The molecule has 2 nitrogen and oxygen atoms in total. The zero-order chi connectivity index (χ0) is 12.7. The van der Waals surface area contributed by atoms with E-state index in [1.165, 1.54) is 12.1 Å². The van der Waals surface area contributed by atoms with Crippen molar-refractivity contribution < 1.29 is 13.2 Å². The number of nitrogens with one attached hydrogen (secondary N) is 2. The molecule has 1 fully saturated rings. The van der Waals surface area contributed by atoms with E-state index in [1.807, 2.05) is 6.92 Å². The molecule has 0 radical (unpaired) electrons. The molecule has 0 aliphatic carbocycles. The van der Waals surface area contributed by atoms with Crippen molar-refractivity contribution in [2.45, 2.75) is 18.6 Å². The molecule has 0 bridgehead atoms. The first-order valence-corrected chi connectivity index (χ1v) is 5.95. The molecule has 1 heterocycles. The van der Waals surface area contributed by atoms with Crippen LogP contribution in [0.5, 0.6) is 0 Å². The van der Waals surface area contributed by atoms with Crippen LogP contribution in [0.4, 0.5) is 13.2 Å². The lowest BCUT2D eigenvalue weighted by molar-refractivity contribution is -0.138. The van der Waals surface area contributed by atoms with Gasteiger partial charge in [0.2, 0.25) is 0 Å². The van der Waals surface area contributed by atoms with Gasteiger partial charge < -0.3 is 5.32 Å². The standard InChI is InChI=1S/C11H12BrF3N2/c1-10(5-16-6-17-10)7-2-3-9(12)8(4-7)11(13,14)15/h2-4,16-17H,5-6H2,1H3. The second-order valence-corrected chi connectivity index (χ2v) is 5.16. The van der Waals surface area contributed by atoms with Crippen molar-refractivity contribution >= 4 is 15.9 Å². The van der Waals surface area contributed by atoms with Gasteiger partial charge in [-0.25, -0.2) is 0 Å². The molecule has 1 aliphatic heterocycles. The second-order valence-electron chi connectivity index (χ2n) is 4.30. The lowest BCUT2D eigenvalue weighted by Crippen LogP contribution is -2.36. The summed E-state index contributed by atoms with van der Waals surface area (Å²) in [5.41, 5.74) is -0.441. The number of alkyl halides is 3. The largest absolute Gasteiger partial charge is 0.417 e. The molecule has 1 atom stereocenters. The Morgan fingerprint density at radius 1 is 1.35 bits per heavy atom. The molecule has 0 saturated carbocycles. The fraction of sp³-hybridized carbons (Fsp3) is 0.455. The zero-order valence-electron chi connectivity index (χ0n) is 9.16. The number of rotatable bonds is 1. The monoisotopic (exact) mass is 308 g/mol. The highest BCUT2D eigenvalue weighted by Gasteiger charge is 2.36. The molecule has 1 aromatic rings. The summed E-state index contributed by atoms with van der Waals surface area (Å²) in [6.45, 7) is 3.11. The fourth-order valence-electron chi connectivity index (χ4n) is 1.92. The molecule has 2 N–H and O–H groups in total. The summed E-state index contributed by atoms with van der Waals surface area (Å²) in [7, 11) is 0. The van der Waals surface area contributed by atoms with E-state index in [0.29, 0.717) is 18.8 Å². The average molecular weight is 309 g/mol. The van der Waals surface area contributed by atoms with E-state index in [2.05, 4.69) is 26.6 Å². The van der Waals surface area contributed by atoms with Crippen molar-refractivity contribution in [1.29, 1.82) is 0 Å². The van der Waals surface area contributed by atoms with Gasteiger partial charge in [-0.3, -0.25) is 5.32 Å². The highest BCUT2D eigenvalue weighted by Crippen LogP contribution is 2.37. The minimum atomic E-state index is -4.34. The summed E-state index contributed by atoms with van der Waals surface area (Å²) in [5, 5.41) is 6.23. The van der Waals surface area contributed by atoms with E-state index < -0.39 is 17.3 Å². The predicted octanol–water partition coefficient (Wildman–Crippen LogP) is 2.83. The Bertz CT molecular complexity index is 425. The highest BCUT2D eigenvalue weighted by molar-refractivity contribution is 9.10. The van der Waals surface area contributed by atoms with Crippen LogP contribution in [0.25, 0.3) is 0 Å². The van der Waals surface area contributed by atoms with Crippen LogP contribution in [0.2, 0.25) is 0 Å². The maximum Gasteiger partial charge on any atom is 0.417 e. The van der Waals surface area contributed by atoms with Gasteiger partial charge in [0.25, 0.3) is 0 Å². The summed E-state index contributed by atoms with van der Waals surface area (Å²) >= 11 is 2.94. The van der Waals surface area contributed by atoms with Crippen LogP contribution in [-0.4, -0.2) is 13.2 Å². The summed E-state index contributed by atoms with van der Waals surface area (Å²) < 4.78 is 38.4. The summed E-state index contributed by atoms with van der Waals surface area (Å²) in [4.78, 5) is 0. The third-order valence-electron chi connectivity index (χ3n) is 2.99. The van der Waals surface area contributed by atoms with Crippen molar-refractivity contribution in [2.24, 2.45) is 0 Å². The van der Waals surface area contributed by atoms with Crippen LogP contribution in [0.15, 0.2) is 22.7 Å². The topological polar surface area (TPSA) is 24.1 Å². The zero-order valence-corrected chi connectivity index (χ0v) is 10.7. The summed E-state index contributed by atoms with van der Waals surface area (Å²) in [5.74, 6) is 0. The molecule has 17 heavy (non-hydrogen) atoms. The van der Waals surface area contributed by atoms with Crippen LogP contribution >= 0.6 is 15.9 Å². The Labute approximate surface area is 106 Å². The van der Waals surface area contributed by atoms with Gasteiger partial charge in [0, 0.05) is 17.7 Å². The summed E-state index contributed by atoms with van der Waals surface area (Å²) in [6, 6.07) is 4.35. The Kier molecular flexibility index (Phi) is 3.22. The maximum absolute atomic E-state index is 12.8. The van der Waals surface area contributed by atoms with Gasteiger partial charge in [0.05, 0.1) is 11.1 Å². The van der Waals surface area contributed by atoms with E-state index in [9.17, 15) is 13.2 Å². The lowest BCUT2D eigenvalue weighted by Gasteiger charge is -2.25. The van der Waals surface area contributed by atoms with Crippen molar-refractivity contribution in [2.75, 3.05) is 13.2 Å². The molecule has 0 amide bonds. The normalized spacial score (nSPS) is 25.2. The number of benzene rings is 1. The number of hydrogen-bond donors (Lipinski definition) is 2. The van der Waals surface area contributed by atoms with Gasteiger partial charge in [0.15, 0.2) is 0 Å². The fourth-order valence-corrected chi connectivity index (χ4v) is 2.39. The molecule has 1 saturated heterocycles. The first-order valence-electron chi connectivity index (χ1n) is 5.16. The first kappa shape index (κ1) is 12.9. The molecule has 1 aliphatic rings. The van der Waals surface area contributed by atoms with Gasteiger partial charge in [0.1, 0.15) is 0 Å². The molecule has 0 spiro atoms. The molecule has 1 aromatic carbocycles. The van der Waals surface area contributed by atoms with Crippen LogP contribution in [0, 0.1) is 0 Å². The first-order chi connectivity index (χ1) is 7.83. The second kappa shape index (κ2) is 4.26. The van der Waals surface area contributed by atoms with E-state index >= 15 is 0 Å². The maximum atomic E-state index is 12.8. The Hall–Kier alpha value is -0.590. The molecule has 2 rings (SSSR count). The van der Waals surface area contributed by atoms with E-state index in [1.54, 1.807) is 6.07 Å². The van der Waals surface area contributed by atoms with Gasteiger partial charge in [-0.1, -0.05) is 22.0 Å². The minimum absolute atomic E-state index is 0.0725. The minimum Gasteiger partial charge on any atom is -0.302 e. The number of hydrogen-bond acceptors (Lipinski definition) is 2. The van der Waals surface area contributed by atoms with Gasteiger partial charge >= 0.3 is 6.18 Å². The summed E-state index contributed by atoms with van der Waals surface area (Å²) in [6.07, 6.45) is -4.34. The molecule has 0 aromatic heterocycles. The van der Waals surface area contributed by atoms with Crippen molar-refractivity contribution in [3.63, 3.8) is 0 Å². The highest BCUT2D eigenvalue weighted by atomic mass is 79.9. The van der Waals surface area contributed by atoms with Crippen molar-refractivity contribution in [1.82, 2.24) is 10.6 Å². The van der Waals surface area contributed by atoms with Crippen LogP contribution in [0.3, 0.4) is 0 Å². The van der Waals surface area contributed by atoms with Gasteiger partial charge in [-0.05, 0) is 24.6 Å². The Morgan fingerprint density at radius 2 is 2.06 bits per heavy atom. The van der Waals surface area contributed by atoms with E-state index in [0.717, 1.165) is 0 Å². The van der Waals surface area contributed by atoms with Crippen molar-refractivity contribution in [3.8, 4) is 0 Å². The van der Waals surface area contributed by atoms with Gasteiger partial charge in [-0.15, -0.1) is 0 Å². The average Bonchev–Trinajstić information content (AvgIpc) is 2.65. The molecular formula is C11H12BrF3N2. The predicted molar refractivity (Wildman–Crippen MR) is 62.5 cm³/mol. The smallest absolute Gasteiger partial charge is 0.302 e. The molecule has 1 unspecified atom stereocenters. The SMILES string of the molecule is CC1(c2ccc(Br)c(C(F)(F)F)c2)CNCN1. The Morgan fingerprint density at radius 3 is 2.59 bits per heavy atom. The van der Waals surface area contributed by atoms with Crippen LogP contribution in [0.1, 0.15) is 18.1 Å². The Balaban J connectivity index is 2.44. The molecular weight excluding hydrogens is 297 g/mol. The van der Waals surface area contributed by atoms with Crippen LogP contribution < -0.4 is 10.6 Å². The third kappa shape index (κ3) is 2.48. The quantitative estimate of drug-likeness (QED) is 0.833. The third-order valence-corrected chi connectivity index (χ3v) is 3.68. The van der Waals surface area contributed by atoms with E-state index in [4.69, 9.17) is 0 Å². The molecule has 6 heteroatoms. The van der Waals surface area contributed by atoms with E-state index in [-0.39, 0.29) is 4.47 Å².